The zero-order chi connectivity index (χ0) is 13.9. The summed E-state index contributed by atoms with van der Waals surface area (Å²) >= 11 is 0. The van der Waals surface area contributed by atoms with Gasteiger partial charge in [-0.25, -0.2) is 0 Å². The minimum absolute atomic E-state index is 0.148. The van der Waals surface area contributed by atoms with Crippen molar-refractivity contribution in [1.29, 1.82) is 0 Å². The fraction of sp³-hybridized carbons (Fsp3) is 0.500. The minimum atomic E-state index is -0.427. The van der Waals surface area contributed by atoms with Crippen LogP contribution in [0.5, 0.6) is 0 Å². The second-order valence-electron chi connectivity index (χ2n) is 4.07. The van der Waals surface area contributed by atoms with Gasteiger partial charge in [-0.15, -0.1) is 0 Å². The normalized spacial score (nSPS) is 11.9. The van der Waals surface area contributed by atoms with E-state index in [1.165, 1.54) is 0 Å². The number of likely N-dealkylation sites (N-methyl/N-ethyl adjacent to an activating group) is 1. The van der Waals surface area contributed by atoms with E-state index in [-0.39, 0.29) is 12.7 Å². The van der Waals surface area contributed by atoms with Crippen molar-refractivity contribution in [2.75, 3.05) is 32.3 Å². The number of esters is 1. The summed E-state index contributed by atoms with van der Waals surface area (Å²) in [5.41, 5.74) is 0.915. The molecule has 0 aromatic heterocycles. The molecule has 0 saturated heterocycles. The lowest BCUT2D eigenvalue weighted by Crippen LogP contribution is -2.40. The SMILES string of the molecule is CCCOCC(NC)C(=O)OCNc1ccccc1. The highest BCUT2D eigenvalue weighted by molar-refractivity contribution is 5.76. The van der Waals surface area contributed by atoms with Crippen LogP contribution in [0.15, 0.2) is 30.3 Å². The van der Waals surface area contributed by atoms with E-state index in [0.717, 1.165) is 12.1 Å². The molecule has 1 aromatic rings. The van der Waals surface area contributed by atoms with E-state index in [9.17, 15) is 4.79 Å². The van der Waals surface area contributed by atoms with Gasteiger partial charge in [-0.1, -0.05) is 25.1 Å². The Kier molecular flexibility index (Phi) is 7.62. The molecule has 0 aliphatic rings. The van der Waals surface area contributed by atoms with Crippen LogP contribution in [0.3, 0.4) is 0 Å². The summed E-state index contributed by atoms with van der Waals surface area (Å²) in [4.78, 5) is 11.8. The summed E-state index contributed by atoms with van der Waals surface area (Å²) in [6.07, 6.45) is 0.932. The molecule has 5 heteroatoms. The highest BCUT2D eigenvalue weighted by atomic mass is 16.5. The van der Waals surface area contributed by atoms with Crippen molar-refractivity contribution in [2.24, 2.45) is 0 Å². The Morgan fingerprint density at radius 3 is 2.68 bits per heavy atom. The van der Waals surface area contributed by atoms with E-state index in [2.05, 4.69) is 10.6 Å². The molecule has 0 bridgehead atoms. The first-order valence-corrected chi connectivity index (χ1v) is 6.48. The van der Waals surface area contributed by atoms with Crippen LogP contribution in [-0.4, -0.2) is 39.0 Å². The minimum Gasteiger partial charge on any atom is -0.443 e. The quantitative estimate of drug-likeness (QED) is 0.404. The zero-order valence-electron chi connectivity index (χ0n) is 11.5. The molecule has 0 heterocycles. The maximum absolute atomic E-state index is 11.8. The van der Waals surface area contributed by atoms with Crippen LogP contribution in [0.25, 0.3) is 0 Å². The van der Waals surface area contributed by atoms with E-state index in [1.54, 1.807) is 7.05 Å². The van der Waals surface area contributed by atoms with E-state index in [4.69, 9.17) is 9.47 Å². The molecule has 1 atom stereocenters. The van der Waals surface area contributed by atoms with Crippen molar-refractivity contribution in [1.82, 2.24) is 5.32 Å². The van der Waals surface area contributed by atoms with Gasteiger partial charge in [-0.3, -0.25) is 4.79 Å². The monoisotopic (exact) mass is 266 g/mol. The molecule has 0 spiro atoms. The van der Waals surface area contributed by atoms with Gasteiger partial charge in [0.1, 0.15) is 6.04 Å². The summed E-state index contributed by atoms with van der Waals surface area (Å²) in [5, 5.41) is 5.89. The van der Waals surface area contributed by atoms with Gasteiger partial charge in [0.05, 0.1) is 6.61 Å². The fourth-order valence-electron chi connectivity index (χ4n) is 1.46. The largest absolute Gasteiger partial charge is 0.443 e. The summed E-state index contributed by atoms with van der Waals surface area (Å²) in [6.45, 7) is 3.15. The standard InChI is InChI=1S/C14H22N2O3/c1-3-9-18-10-13(15-2)14(17)19-11-16-12-7-5-4-6-8-12/h4-8,13,15-16H,3,9-11H2,1-2H3. The van der Waals surface area contributed by atoms with Gasteiger partial charge < -0.3 is 20.1 Å². The Bertz CT molecular complexity index is 357. The molecule has 19 heavy (non-hydrogen) atoms. The number of benzene rings is 1. The molecular formula is C14H22N2O3. The summed E-state index contributed by atoms with van der Waals surface area (Å²) < 4.78 is 10.5. The molecule has 0 aliphatic heterocycles. The molecule has 0 amide bonds. The molecule has 5 nitrogen and oxygen atoms in total. The van der Waals surface area contributed by atoms with Crippen LogP contribution in [0.1, 0.15) is 13.3 Å². The van der Waals surface area contributed by atoms with Gasteiger partial charge in [0.15, 0.2) is 6.73 Å². The van der Waals surface area contributed by atoms with Crippen LogP contribution in [0.2, 0.25) is 0 Å². The topological polar surface area (TPSA) is 59.6 Å². The van der Waals surface area contributed by atoms with Crippen molar-refractivity contribution >= 4 is 11.7 Å². The Morgan fingerprint density at radius 2 is 2.05 bits per heavy atom. The Labute approximate surface area is 114 Å². The predicted molar refractivity (Wildman–Crippen MR) is 75.0 cm³/mol. The lowest BCUT2D eigenvalue weighted by Gasteiger charge is -2.15. The van der Waals surface area contributed by atoms with Gasteiger partial charge in [0.2, 0.25) is 0 Å². The van der Waals surface area contributed by atoms with Gasteiger partial charge in [-0.05, 0) is 25.6 Å². The number of nitrogens with one attached hydrogen (secondary N) is 2. The predicted octanol–water partition coefficient (Wildman–Crippen LogP) is 1.61. The molecular weight excluding hydrogens is 244 g/mol. The second-order valence-corrected chi connectivity index (χ2v) is 4.07. The molecule has 0 fully saturated rings. The summed E-state index contributed by atoms with van der Waals surface area (Å²) in [6, 6.07) is 9.16. The number of para-hydroxylation sites is 1. The van der Waals surface area contributed by atoms with Crippen LogP contribution < -0.4 is 10.6 Å². The lowest BCUT2D eigenvalue weighted by atomic mass is 10.3. The molecule has 2 N–H and O–H groups in total. The van der Waals surface area contributed by atoms with Crippen LogP contribution >= 0.6 is 0 Å². The number of hydrogen-bond acceptors (Lipinski definition) is 5. The van der Waals surface area contributed by atoms with E-state index in [0.29, 0.717) is 13.2 Å². The maximum atomic E-state index is 11.8. The van der Waals surface area contributed by atoms with Crippen molar-refractivity contribution in [3.63, 3.8) is 0 Å². The van der Waals surface area contributed by atoms with E-state index in [1.807, 2.05) is 37.3 Å². The van der Waals surface area contributed by atoms with Crippen LogP contribution in [0, 0.1) is 0 Å². The summed E-state index contributed by atoms with van der Waals surface area (Å²) in [7, 11) is 1.71. The van der Waals surface area contributed by atoms with Crippen molar-refractivity contribution in [2.45, 2.75) is 19.4 Å². The van der Waals surface area contributed by atoms with E-state index >= 15 is 0 Å². The number of hydrogen-bond donors (Lipinski definition) is 2. The van der Waals surface area contributed by atoms with Crippen LogP contribution in [-0.2, 0) is 14.3 Å². The maximum Gasteiger partial charge on any atom is 0.327 e. The van der Waals surface area contributed by atoms with E-state index < -0.39 is 6.04 Å². The lowest BCUT2D eigenvalue weighted by molar-refractivity contribution is -0.146. The smallest absolute Gasteiger partial charge is 0.327 e. The first kappa shape index (κ1) is 15.5. The first-order chi connectivity index (χ1) is 9.27. The number of rotatable bonds is 9. The van der Waals surface area contributed by atoms with Gasteiger partial charge in [0, 0.05) is 12.3 Å². The molecule has 0 saturated carbocycles. The molecule has 0 aliphatic carbocycles. The van der Waals surface area contributed by atoms with Crippen molar-refractivity contribution < 1.29 is 14.3 Å². The zero-order valence-corrected chi connectivity index (χ0v) is 11.5. The molecule has 0 radical (unpaired) electrons. The summed E-state index contributed by atoms with van der Waals surface area (Å²) in [5.74, 6) is -0.318. The van der Waals surface area contributed by atoms with Crippen molar-refractivity contribution in [3.8, 4) is 0 Å². The fourth-order valence-corrected chi connectivity index (χ4v) is 1.46. The second kappa shape index (κ2) is 9.35. The third kappa shape index (κ3) is 6.22. The molecule has 106 valence electrons. The Hall–Kier alpha value is -1.59. The third-order valence-electron chi connectivity index (χ3n) is 2.53. The number of carbonyl (C=O) groups is 1. The number of ether oxygens (including phenoxy) is 2. The third-order valence-corrected chi connectivity index (χ3v) is 2.53. The van der Waals surface area contributed by atoms with Crippen LogP contribution in [0.4, 0.5) is 5.69 Å². The Balaban J connectivity index is 2.24. The average molecular weight is 266 g/mol. The molecule has 1 aromatic carbocycles. The van der Waals surface area contributed by atoms with Gasteiger partial charge in [-0.2, -0.15) is 0 Å². The molecule has 1 unspecified atom stereocenters. The number of anilines is 1. The molecule has 1 rings (SSSR count). The van der Waals surface area contributed by atoms with Gasteiger partial charge in [0.25, 0.3) is 0 Å². The van der Waals surface area contributed by atoms with Crippen molar-refractivity contribution in [3.05, 3.63) is 30.3 Å². The highest BCUT2D eigenvalue weighted by Gasteiger charge is 2.17. The van der Waals surface area contributed by atoms with Gasteiger partial charge >= 0.3 is 5.97 Å². The first-order valence-electron chi connectivity index (χ1n) is 6.48. The average Bonchev–Trinajstić information content (AvgIpc) is 2.44. The Morgan fingerprint density at radius 1 is 1.32 bits per heavy atom. The number of carbonyl (C=O) groups excluding carboxylic acids is 1. The highest BCUT2D eigenvalue weighted by Crippen LogP contribution is 2.04.